The fraction of sp³-hybridized carbons (Fsp3) is 0.306. The molecule has 0 saturated heterocycles. The Morgan fingerprint density at radius 3 is 2.10 bits per heavy atom. The van der Waals surface area contributed by atoms with Crippen LogP contribution in [0.25, 0.3) is 16.7 Å². The van der Waals surface area contributed by atoms with E-state index in [0.29, 0.717) is 5.92 Å². The second-order valence-corrected chi connectivity index (χ2v) is 9.51. The average molecular weight is 541 g/mol. The highest BCUT2D eigenvalue weighted by molar-refractivity contribution is 5.81. The van der Waals surface area contributed by atoms with Gasteiger partial charge in [0.25, 0.3) is 0 Å². The number of carbonyl (C=O) groups excluding carboxylic acids is 1. The molecule has 0 fully saturated rings. The summed E-state index contributed by atoms with van der Waals surface area (Å²) in [5.41, 5.74) is 5.38. The van der Waals surface area contributed by atoms with E-state index < -0.39 is 0 Å². The van der Waals surface area contributed by atoms with Gasteiger partial charge in [0.1, 0.15) is 24.0 Å². The number of benzene rings is 2. The zero-order valence-electron chi connectivity index (χ0n) is 24.7. The lowest BCUT2D eigenvalue weighted by Crippen LogP contribution is -2.08. The summed E-state index contributed by atoms with van der Waals surface area (Å²) in [6.45, 7) is 9.29. The number of hydrogen-bond donors (Lipinski definition) is 0. The van der Waals surface area contributed by atoms with Gasteiger partial charge in [0, 0.05) is 5.56 Å². The quantitative estimate of drug-likeness (QED) is 0.285. The first kappa shape index (κ1) is 32.2. The Labute approximate surface area is 241 Å². The standard InChI is InChI=1S/C35H42O3.CH2O/c1-6-8-15-28(7-2)26-38-32-18-13-9-11-16-29(17-12-10-14-19-32)33-23-22-31(25-35(33)37-5)30-21-20-27(3)34(24-30)36-4;1-2/h9-14,16-25,28H,6-8,15,26H2,1-5H3;1H2/b11-9+,12-10?,13-9?,14-10+,16-11?,17-12-,18-13-,19-14?,29-16+,29-17?,32-18?,32-19+;. The first-order valence-electron chi connectivity index (χ1n) is 13.9. The SMILES string of the molecule is C=O.CCCCC(CC)COC1=C/C=C/C=C\C(c2ccc(-c3ccc(C)c(OC)c3)cc2OC)=C/C=C/C=C\1. The minimum Gasteiger partial charge on any atom is -0.496 e. The van der Waals surface area contributed by atoms with Crippen LogP contribution < -0.4 is 9.47 Å². The maximum absolute atomic E-state index is 8.00. The highest BCUT2D eigenvalue weighted by Gasteiger charge is 2.10. The number of unbranched alkanes of at least 4 members (excludes halogenated alkanes) is 1. The average Bonchev–Trinajstić information content (AvgIpc) is 2.99. The number of aryl methyl sites for hydroxylation is 1. The molecule has 2 aromatic rings. The van der Waals surface area contributed by atoms with Crippen LogP contribution in [0.4, 0.5) is 0 Å². The fourth-order valence-corrected chi connectivity index (χ4v) is 4.36. The van der Waals surface area contributed by atoms with E-state index in [-0.39, 0.29) is 0 Å². The van der Waals surface area contributed by atoms with Crippen molar-refractivity contribution >= 4 is 12.4 Å². The van der Waals surface area contributed by atoms with Gasteiger partial charge in [0.15, 0.2) is 0 Å². The van der Waals surface area contributed by atoms with Crippen LogP contribution in [0.3, 0.4) is 0 Å². The molecule has 0 radical (unpaired) electrons. The minimum absolute atomic E-state index is 0.602. The number of ether oxygens (including phenoxy) is 3. The monoisotopic (exact) mass is 540 g/mol. The van der Waals surface area contributed by atoms with Crippen LogP contribution in [0.15, 0.2) is 103 Å². The molecule has 4 heteroatoms. The Hall–Kier alpha value is -4.05. The summed E-state index contributed by atoms with van der Waals surface area (Å²) in [7, 11) is 3.42. The van der Waals surface area contributed by atoms with Crippen molar-refractivity contribution in [3.05, 3.63) is 114 Å². The molecule has 4 nitrogen and oxygen atoms in total. The molecule has 3 rings (SSSR count). The second-order valence-electron chi connectivity index (χ2n) is 9.51. The van der Waals surface area contributed by atoms with Crippen LogP contribution >= 0.6 is 0 Å². The highest BCUT2D eigenvalue weighted by atomic mass is 16.5. The molecule has 2 aromatic carbocycles. The third-order valence-electron chi connectivity index (χ3n) is 6.80. The molecular formula is C36H44O4. The smallest absolute Gasteiger partial charge is 0.127 e. The Morgan fingerprint density at radius 1 is 0.775 bits per heavy atom. The largest absolute Gasteiger partial charge is 0.496 e. The molecular weight excluding hydrogens is 496 g/mol. The molecule has 0 spiro atoms. The van der Waals surface area contributed by atoms with Crippen LogP contribution in [-0.2, 0) is 9.53 Å². The van der Waals surface area contributed by atoms with Crippen molar-refractivity contribution in [2.75, 3.05) is 20.8 Å². The van der Waals surface area contributed by atoms with Gasteiger partial charge in [-0.3, -0.25) is 0 Å². The highest BCUT2D eigenvalue weighted by Crippen LogP contribution is 2.34. The number of carbonyl (C=O) groups is 1. The predicted molar refractivity (Wildman–Crippen MR) is 169 cm³/mol. The van der Waals surface area contributed by atoms with Gasteiger partial charge in [0.05, 0.1) is 20.8 Å². The topological polar surface area (TPSA) is 44.8 Å². The van der Waals surface area contributed by atoms with Crippen molar-refractivity contribution in [2.24, 2.45) is 5.92 Å². The molecule has 0 saturated carbocycles. The van der Waals surface area contributed by atoms with E-state index in [1.54, 1.807) is 14.2 Å². The van der Waals surface area contributed by atoms with Crippen LogP contribution in [0.5, 0.6) is 11.5 Å². The third kappa shape index (κ3) is 9.92. The summed E-state index contributed by atoms with van der Waals surface area (Å²) in [4.78, 5) is 8.00. The lowest BCUT2D eigenvalue weighted by Gasteiger charge is -2.16. The lowest BCUT2D eigenvalue weighted by atomic mass is 9.97. The summed E-state index contributed by atoms with van der Waals surface area (Å²) in [5, 5.41) is 0. The Kier molecular flexibility index (Phi) is 14.7. The molecule has 212 valence electrons. The van der Waals surface area contributed by atoms with E-state index in [9.17, 15) is 0 Å². The van der Waals surface area contributed by atoms with E-state index in [4.69, 9.17) is 19.0 Å². The lowest BCUT2D eigenvalue weighted by molar-refractivity contribution is -0.0980. The molecule has 0 aromatic heterocycles. The molecule has 1 aliphatic rings. The second kappa shape index (κ2) is 18.3. The molecule has 0 heterocycles. The van der Waals surface area contributed by atoms with Gasteiger partial charge < -0.3 is 19.0 Å². The molecule has 0 amide bonds. The number of methoxy groups -OCH3 is 2. The maximum Gasteiger partial charge on any atom is 0.127 e. The third-order valence-corrected chi connectivity index (χ3v) is 6.80. The number of allylic oxidation sites excluding steroid dienone is 11. The Morgan fingerprint density at radius 2 is 1.43 bits per heavy atom. The molecule has 0 bridgehead atoms. The minimum atomic E-state index is 0.602. The van der Waals surface area contributed by atoms with Crippen molar-refractivity contribution in [3.8, 4) is 22.6 Å². The Balaban J connectivity index is 0.00000274. The van der Waals surface area contributed by atoms with E-state index in [1.165, 1.54) is 19.3 Å². The van der Waals surface area contributed by atoms with Gasteiger partial charge in [0.2, 0.25) is 0 Å². The molecule has 1 atom stereocenters. The van der Waals surface area contributed by atoms with E-state index in [2.05, 4.69) is 62.4 Å². The van der Waals surface area contributed by atoms with Gasteiger partial charge in [-0.15, -0.1) is 0 Å². The molecule has 0 aliphatic heterocycles. The summed E-state index contributed by atoms with van der Waals surface area (Å²) in [6.07, 6.45) is 25.3. The van der Waals surface area contributed by atoms with Crippen molar-refractivity contribution in [3.63, 3.8) is 0 Å². The van der Waals surface area contributed by atoms with Crippen LogP contribution in [0.2, 0.25) is 0 Å². The molecule has 40 heavy (non-hydrogen) atoms. The summed E-state index contributed by atoms with van der Waals surface area (Å²) in [6, 6.07) is 12.6. The van der Waals surface area contributed by atoms with Gasteiger partial charge in [-0.2, -0.15) is 0 Å². The number of hydrogen-bond acceptors (Lipinski definition) is 4. The molecule has 1 aliphatic carbocycles. The molecule has 1 unspecified atom stereocenters. The first-order valence-corrected chi connectivity index (χ1v) is 13.9. The fourth-order valence-electron chi connectivity index (χ4n) is 4.36. The zero-order chi connectivity index (χ0) is 29.2. The van der Waals surface area contributed by atoms with Gasteiger partial charge in [-0.05, 0) is 65.8 Å². The summed E-state index contributed by atoms with van der Waals surface area (Å²) < 4.78 is 17.5. The van der Waals surface area contributed by atoms with Crippen LogP contribution in [0, 0.1) is 12.8 Å². The van der Waals surface area contributed by atoms with E-state index in [1.807, 2.05) is 62.3 Å². The van der Waals surface area contributed by atoms with Crippen molar-refractivity contribution < 1.29 is 19.0 Å². The van der Waals surface area contributed by atoms with Crippen molar-refractivity contribution in [2.45, 2.75) is 46.5 Å². The van der Waals surface area contributed by atoms with E-state index in [0.717, 1.165) is 58.1 Å². The Bertz CT molecular complexity index is 1240. The van der Waals surface area contributed by atoms with Crippen molar-refractivity contribution in [1.82, 2.24) is 0 Å². The van der Waals surface area contributed by atoms with E-state index >= 15 is 0 Å². The molecule has 0 N–H and O–H groups in total. The summed E-state index contributed by atoms with van der Waals surface area (Å²) in [5.74, 6) is 3.18. The van der Waals surface area contributed by atoms with Gasteiger partial charge in [-0.25, -0.2) is 0 Å². The first-order chi connectivity index (χ1) is 19.6. The predicted octanol–water partition coefficient (Wildman–Crippen LogP) is 9.23. The van der Waals surface area contributed by atoms with Gasteiger partial charge >= 0.3 is 0 Å². The van der Waals surface area contributed by atoms with Gasteiger partial charge in [-0.1, -0.05) is 106 Å². The number of rotatable bonds is 11. The zero-order valence-corrected chi connectivity index (χ0v) is 24.7. The normalized spacial score (nSPS) is 19.4. The maximum atomic E-state index is 8.00. The van der Waals surface area contributed by atoms with Crippen LogP contribution in [0.1, 0.15) is 50.7 Å². The summed E-state index contributed by atoms with van der Waals surface area (Å²) >= 11 is 0. The van der Waals surface area contributed by atoms with Crippen LogP contribution in [-0.4, -0.2) is 27.6 Å². The van der Waals surface area contributed by atoms with Crippen molar-refractivity contribution in [1.29, 1.82) is 0 Å².